The highest BCUT2D eigenvalue weighted by Gasteiger charge is 2.51. The Kier molecular flexibility index (Phi) is 22.0. The average molecular weight is 635 g/mol. The second kappa shape index (κ2) is 23.2. The fraction of sp³-hybridized carbons (Fsp3) is 0.967. The van der Waals surface area contributed by atoms with Gasteiger partial charge in [-0.2, -0.15) is 0 Å². The molecule has 12 nitrogen and oxygen atoms in total. The van der Waals surface area contributed by atoms with Gasteiger partial charge in [-0.15, -0.1) is 0 Å². The van der Waals surface area contributed by atoms with E-state index in [-0.39, 0.29) is 29.5 Å². The molecule has 0 aromatic rings. The number of hydrogen-bond acceptors (Lipinski definition) is 12. The lowest BCUT2D eigenvalue weighted by atomic mass is 9.97. The lowest BCUT2D eigenvalue weighted by Gasteiger charge is -2.46. The van der Waals surface area contributed by atoms with Crippen LogP contribution in [0, 0.1) is 0 Å². The highest BCUT2D eigenvalue weighted by molar-refractivity contribution is 5.75. The van der Waals surface area contributed by atoms with E-state index in [0.717, 1.165) is 19.3 Å². The van der Waals surface area contributed by atoms with Crippen LogP contribution in [0.1, 0.15) is 110 Å². The number of rotatable bonds is 21. The molecule has 2 fully saturated rings. The molecule has 0 aliphatic carbocycles. The largest absolute Gasteiger partial charge is 0.454 e. The average Bonchev–Trinajstić information content (AvgIpc) is 2.98. The number of aliphatic hydroxyl groups is 7. The maximum atomic E-state index is 12.6. The summed E-state index contributed by atoms with van der Waals surface area (Å²) in [6.07, 6.45) is 2.27. The second-order valence-electron chi connectivity index (χ2n) is 11.7. The molecule has 0 bridgehead atoms. The Bertz CT molecular complexity index is 717. The Hall–Kier alpha value is -0.164. The summed E-state index contributed by atoms with van der Waals surface area (Å²) >= 11 is 0. The van der Waals surface area contributed by atoms with E-state index in [1.165, 1.54) is 70.6 Å². The molecule has 0 aromatic carbocycles. The molecule has 10 atom stereocenters. The molecule has 252 valence electrons. The standard InChI is InChI=1S/C30H56O12.Mg.2H/c1-2-3-4-5-6-7-8-9-10-11-12-13-14-15-16-17-22(33)41-28-24(35)23(34)20(18-31)40-30(28)42-27-21(19-32)39-29(38)26(37)25(27)36;;;/h20-21,23-32,34-38H,2-19H2,1H3;;;/t20-,21-,23+,24+,25-,26-,27-,28-,29-,30+;;;/m1.../s1. The first-order chi connectivity index (χ1) is 20.2. The molecule has 0 aromatic heterocycles. The zero-order valence-electron chi connectivity index (χ0n) is 25.2. The Morgan fingerprint density at radius 3 is 1.56 bits per heavy atom. The Morgan fingerprint density at radius 2 is 1.07 bits per heavy atom. The number of unbranched alkanes of at least 4 members (excludes halogenated alkanes) is 14. The van der Waals surface area contributed by atoms with E-state index < -0.39 is 80.6 Å². The minimum absolute atomic E-state index is 0. The third-order valence-electron chi connectivity index (χ3n) is 8.21. The smallest absolute Gasteiger partial charge is 0.316 e. The van der Waals surface area contributed by atoms with E-state index >= 15 is 0 Å². The van der Waals surface area contributed by atoms with E-state index in [0.29, 0.717) is 6.42 Å². The van der Waals surface area contributed by atoms with Crippen molar-refractivity contribution in [1.29, 1.82) is 0 Å². The highest BCUT2D eigenvalue weighted by atomic mass is 24.3. The maximum absolute atomic E-state index is 12.6. The number of aliphatic hydroxyl groups excluding tert-OH is 7. The quantitative estimate of drug-likeness (QED) is 0.0525. The van der Waals surface area contributed by atoms with Gasteiger partial charge in [0.2, 0.25) is 0 Å². The van der Waals surface area contributed by atoms with Crippen LogP contribution in [0.15, 0.2) is 0 Å². The molecule has 0 unspecified atom stereocenters. The molecule has 0 radical (unpaired) electrons. The molecular weight excluding hydrogens is 577 g/mol. The summed E-state index contributed by atoms with van der Waals surface area (Å²) in [6, 6.07) is 0. The van der Waals surface area contributed by atoms with Crippen LogP contribution in [0.3, 0.4) is 0 Å². The van der Waals surface area contributed by atoms with Crippen molar-refractivity contribution < 1.29 is 59.5 Å². The van der Waals surface area contributed by atoms with Crippen molar-refractivity contribution >= 4 is 29.0 Å². The number of esters is 1. The zero-order valence-corrected chi connectivity index (χ0v) is 25.2. The van der Waals surface area contributed by atoms with Crippen molar-refractivity contribution in [2.45, 2.75) is 171 Å². The molecule has 2 rings (SSSR count). The van der Waals surface area contributed by atoms with Gasteiger partial charge in [-0.1, -0.05) is 96.8 Å². The second-order valence-corrected chi connectivity index (χ2v) is 11.7. The first-order valence-corrected chi connectivity index (χ1v) is 16.0. The molecule has 0 amide bonds. The van der Waals surface area contributed by atoms with Crippen LogP contribution in [-0.4, -0.2) is 139 Å². The van der Waals surface area contributed by atoms with Gasteiger partial charge >= 0.3 is 29.0 Å². The maximum Gasteiger partial charge on any atom is 0.316 e. The molecule has 43 heavy (non-hydrogen) atoms. The molecule has 0 spiro atoms. The van der Waals surface area contributed by atoms with E-state index in [9.17, 15) is 40.5 Å². The van der Waals surface area contributed by atoms with Gasteiger partial charge in [0.05, 0.1) is 13.2 Å². The Balaban J connectivity index is 0.00000924. The number of carbonyl (C=O) groups is 1. The summed E-state index contributed by atoms with van der Waals surface area (Å²) in [5.41, 5.74) is 0. The van der Waals surface area contributed by atoms with Crippen LogP contribution in [0.4, 0.5) is 0 Å². The van der Waals surface area contributed by atoms with Crippen LogP contribution in [-0.2, 0) is 23.7 Å². The number of hydrogen-bond donors (Lipinski definition) is 7. The van der Waals surface area contributed by atoms with E-state index in [1.807, 2.05) is 0 Å². The molecule has 2 heterocycles. The summed E-state index contributed by atoms with van der Waals surface area (Å²) in [6.45, 7) is 0.851. The Labute approximate surface area is 272 Å². The predicted molar refractivity (Wildman–Crippen MR) is 161 cm³/mol. The van der Waals surface area contributed by atoms with Crippen LogP contribution in [0.25, 0.3) is 0 Å². The van der Waals surface area contributed by atoms with Gasteiger partial charge in [0.25, 0.3) is 0 Å². The third kappa shape index (κ3) is 14.0. The van der Waals surface area contributed by atoms with E-state index in [1.54, 1.807) is 0 Å². The first-order valence-electron chi connectivity index (χ1n) is 16.0. The van der Waals surface area contributed by atoms with Crippen molar-refractivity contribution in [3.05, 3.63) is 0 Å². The molecule has 0 saturated carbocycles. The van der Waals surface area contributed by atoms with Crippen molar-refractivity contribution in [2.75, 3.05) is 13.2 Å². The third-order valence-corrected chi connectivity index (χ3v) is 8.21. The summed E-state index contributed by atoms with van der Waals surface area (Å²) in [4.78, 5) is 12.6. The number of ether oxygens (including phenoxy) is 4. The fourth-order valence-corrected chi connectivity index (χ4v) is 5.53. The van der Waals surface area contributed by atoms with E-state index in [2.05, 4.69) is 6.92 Å². The summed E-state index contributed by atoms with van der Waals surface area (Å²) in [5.74, 6) is -0.643. The van der Waals surface area contributed by atoms with Crippen molar-refractivity contribution in [2.24, 2.45) is 0 Å². The van der Waals surface area contributed by atoms with Crippen LogP contribution in [0.2, 0.25) is 0 Å². The molecule has 2 aliphatic rings. The summed E-state index contributed by atoms with van der Waals surface area (Å²) < 4.78 is 21.7. The van der Waals surface area contributed by atoms with Gasteiger partial charge < -0.3 is 54.7 Å². The summed E-state index contributed by atoms with van der Waals surface area (Å²) in [5, 5.41) is 70.2. The van der Waals surface area contributed by atoms with Gasteiger partial charge in [0.15, 0.2) is 18.7 Å². The topological polar surface area (TPSA) is 196 Å². The lowest BCUT2D eigenvalue weighted by molar-refractivity contribution is -0.355. The van der Waals surface area contributed by atoms with Gasteiger partial charge in [-0.05, 0) is 6.42 Å². The molecule has 13 heteroatoms. The van der Waals surface area contributed by atoms with E-state index in [4.69, 9.17) is 18.9 Å². The molecule has 2 saturated heterocycles. The fourth-order valence-electron chi connectivity index (χ4n) is 5.53. The first kappa shape index (κ1) is 40.9. The highest BCUT2D eigenvalue weighted by Crippen LogP contribution is 2.30. The van der Waals surface area contributed by atoms with Crippen molar-refractivity contribution in [1.82, 2.24) is 0 Å². The van der Waals surface area contributed by atoms with Gasteiger partial charge in [0, 0.05) is 6.42 Å². The molecule has 2 aliphatic heterocycles. The predicted octanol–water partition coefficient (Wildman–Crippen LogP) is 0.499. The molecule has 7 N–H and O–H groups in total. The number of carbonyl (C=O) groups excluding carboxylic acids is 1. The minimum atomic E-state index is -1.77. The SMILES string of the molecule is CCCCCCCCCCCCCCCCCC(=O)O[C@H]1[C@H](O[C@H]2[C@H](O)[C@@H](O)[C@H](O)O[C@@H]2CO)O[C@H](CO)[C@H](O)[C@@H]1O.[MgH2]. The van der Waals surface area contributed by atoms with Crippen LogP contribution in [0.5, 0.6) is 0 Å². The zero-order chi connectivity index (χ0) is 30.9. The van der Waals surface area contributed by atoms with Gasteiger partial charge in [0.1, 0.15) is 42.7 Å². The molecular formula is C30H58MgO12. The van der Waals surface area contributed by atoms with Gasteiger partial charge in [-0.3, -0.25) is 4.79 Å². The monoisotopic (exact) mass is 634 g/mol. The van der Waals surface area contributed by atoms with Crippen LogP contribution < -0.4 is 0 Å². The summed E-state index contributed by atoms with van der Waals surface area (Å²) in [7, 11) is 0. The minimum Gasteiger partial charge on any atom is -0.454 e. The van der Waals surface area contributed by atoms with Crippen molar-refractivity contribution in [3.8, 4) is 0 Å². The Morgan fingerprint density at radius 1 is 0.605 bits per heavy atom. The normalized spacial score (nSPS) is 32.7. The van der Waals surface area contributed by atoms with Crippen molar-refractivity contribution in [3.63, 3.8) is 0 Å². The van der Waals surface area contributed by atoms with Crippen LogP contribution >= 0.6 is 0 Å². The van der Waals surface area contributed by atoms with Gasteiger partial charge in [-0.25, -0.2) is 0 Å². The lowest BCUT2D eigenvalue weighted by Crippen LogP contribution is -2.65.